The minimum Gasteiger partial charge on any atom is -0.442 e. The number of rotatable bonds is 10. The fraction of sp³-hybridized carbons (Fsp3) is 0.394. The van der Waals surface area contributed by atoms with Crippen molar-refractivity contribution >= 4 is 29.6 Å². The van der Waals surface area contributed by atoms with Crippen molar-refractivity contribution in [1.82, 2.24) is 15.1 Å². The molecule has 2 heterocycles. The van der Waals surface area contributed by atoms with E-state index in [1.807, 2.05) is 45.0 Å². The second-order valence-electron chi connectivity index (χ2n) is 12.8. The van der Waals surface area contributed by atoms with Gasteiger partial charge in [-0.3, -0.25) is 0 Å². The summed E-state index contributed by atoms with van der Waals surface area (Å²) in [5, 5.41) is 4.54. The number of ether oxygens (including phenoxy) is 2. The van der Waals surface area contributed by atoms with Crippen LogP contribution in [0.25, 0.3) is 34.0 Å². The van der Waals surface area contributed by atoms with Crippen LogP contribution in [0.1, 0.15) is 61.0 Å². The Morgan fingerprint density at radius 2 is 1.54 bits per heavy atom. The molecule has 0 saturated heterocycles. The highest BCUT2D eigenvalue weighted by atomic mass is 32.2. The molecule has 0 bridgehead atoms. The van der Waals surface area contributed by atoms with Crippen molar-refractivity contribution in [2.24, 2.45) is 0 Å². The lowest BCUT2D eigenvalue weighted by molar-refractivity contribution is -0.126. The molecule has 0 atom stereocenters. The summed E-state index contributed by atoms with van der Waals surface area (Å²) in [5.74, 6) is 0.158. The summed E-state index contributed by atoms with van der Waals surface area (Å²) >= 11 is 0. The highest BCUT2D eigenvalue weighted by Crippen LogP contribution is 2.34. The predicted molar refractivity (Wildman–Crippen MR) is 176 cm³/mol. The monoisotopic (exact) mass is 646 g/mol. The maximum atomic E-state index is 13.5. The molecule has 242 valence electrons. The van der Waals surface area contributed by atoms with E-state index in [0.717, 1.165) is 16.2 Å². The zero-order valence-electron chi connectivity index (χ0n) is 27.4. The summed E-state index contributed by atoms with van der Waals surface area (Å²) in [6.07, 6.45) is 0.993. The van der Waals surface area contributed by atoms with E-state index in [9.17, 15) is 13.2 Å². The number of amides is 1. The normalized spacial score (nSPS) is 12.4. The highest BCUT2D eigenvalue weighted by molar-refractivity contribution is 7.92. The van der Waals surface area contributed by atoms with Crippen LogP contribution in [0.2, 0.25) is 0 Å². The predicted octanol–water partition coefficient (Wildman–Crippen LogP) is 6.76. The Morgan fingerprint density at radius 3 is 2.11 bits per heavy atom. The van der Waals surface area contributed by atoms with Crippen LogP contribution < -0.4 is 5.06 Å². The van der Waals surface area contributed by atoms with Crippen molar-refractivity contribution in [3.63, 3.8) is 0 Å². The van der Waals surface area contributed by atoms with Crippen molar-refractivity contribution in [2.45, 2.75) is 83.1 Å². The van der Waals surface area contributed by atoms with Crippen LogP contribution >= 0.6 is 0 Å². The van der Waals surface area contributed by atoms with Crippen LogP contribution in [0.3, 0.4) is 0 Å². The Balaban J connectivity index is 1.83. The third-order valence-corrected chi connectivity index (χ3v) is 8.68. The van der Waals surface area contributed by atoms with E-state index in [2.05, 4.69) is 10.1 Å². The average molecular weight is 647 g/mol. The molecule has 13 heteroatoms. The van der Waals surface area contributed by atoms with E-state index in [1.54, 1.807) is 52.8 Å². The molecule has 0 aliphatic rings. The molecule has 0 aliphatic heterocycles. The topological polar surface area (TPSA) is 134 Å². The second kappa shape index (κ2) is 13.7. The van der Waals surface area contributed by atoms with Crippen molar-refractivity contribution in [1.29, 1.82) is 0 Å². The molecule has 2 aromatic heterocycles. The first kappa shape index (κ1) is 34.8. The van der Waals surface area contributed by atoms with Gasteiger partial charge in [0.05, 0.1) is 35.5 Å². The van der Waals surface area contributed by atoms with Gasteiger partial charge in [0.1, 0.15) is 11.3 Å². The molecule has 1 amide bonds. The molecule has 11 nitrogen and oxygen atoms in total. The first-order chi connectivity index (χ1) is 21.5. The molecule has 4 aromatic rings. The number of hydrogen-bond acceptors (Lipinski definition) is 10. The molecule has 0 aliphatic carbocycles. The third kappa shape index (κ3) is 8.59. The van der Waals surface area contributed by atoms with Gasteiger partial charge in [0.25, 0.3) is 0 Å². The number of hydroxylamine groups is 1. The van der Waals surface area contributed by atoms with Crippen LogP contribution in [0.15, 0.2) is 70.2 Å². The summed E-state index contributed by atoms with van der Waals surface area (Å²) in [5.41, 5.74) is 1.92. The van der Waals surface area contributed by atoms with Gasteiger partial charge in [-0.05, 0) is 67.5 Å². The zero-order chi connectivity index (χ0) is 33.9. The maximum absolute atomic E-state index is 13.5. The SMILES string of the molecule is [B]Cc1ccc(-c2cc(-c3nc(-c4ccc(S(=O)(=O)C(C)C)cc4)cnc3N(OCOC(C)(C)C)C(=O)OC(C)(C)C)on2)cc1. The lowest BCUT2D eigenvalue weighted by Gasteiger charge is -2.28. The van der Waals surface area contributed by atoms with Crippen LogP contribution in [-0.4, -0.2) is 60.7 Å². The third-order valence-electron chi connectivity index (χ3n) is 6.51. The zero-order valence-corrected chi connectivity index (χ0v) is 28.2. The van der Waals surface area contributed by atoms with Gasteiger partial charge in [-0.2, -0.15) is 0 Å². The van der Waals surface area contributed by atoms with Crippen molar-refractivity contribution in [3.8, 4) is 34.0 Å². The van der Waals surface area contributed by atoms with Crippen LogP contribution in [0, 0.1) is 0 Å². The Kier molecular flexibility index (Phi) is 10.4. The van der Waals surface area contributed by atoms with Gasteiger partial charge in [-0.15, -0.1) is 5.06 Å². The van der Waals surface area contributed by atoms with Crippen LogP contribution in [0.4, 0.5) is 10.6 Å². The molecule has 0 spiro atoms. The standard InChI is InChI=1S/C33H39BN4O7S/c1-21(2)46(40,41)25-15-13-24(14-16-25)27-19-35-30(38(31(39)44-33(6,7)8)43-20-42-32(3,4)5)29(36-27)28-17-26(37-45-28)23-11-9-22(18-34)10-12-23/h9-17,19,21H,18,20H2,1-8H3. The molecular formula is C33H39BN4O7S. The van der Waals surface area contributed by atoms with Gasteiger partial charge in [0.2, 0.25) is 0 Å². The summed E-state index contributed by atoms with van der Waals surface area (Å²) in [4.78, 5) is 28.8. The molecule has 2 aromatic carbocycles. The van der Waals surface area contributed by atoms with E-state index in [-0.39, 0.29) is 29.0 Å². The Hall–Kier alpha value is -4.07. The van der Waals surface area contributed by atoms with Crippen LogP contribution in [-0.2, 0) is 30.5 Å². The molecule has 4 rings (SSSR count). The van der Waals surface area contributed by atoms with Crippen molar-refractivity contribution < 1.29 is 32.0 Å². The summed E-state index contributed by atoms with van der Waals surface area (Å²) in [7, 11) is 2.28. The number of sulfone groups is 1. The van der Waals surface area contributed by atoms with Crippen molar-refractivity contribution in [3.05, 3.63) is 66.4 Å². The molecule has 0 saturated carbocycles. The molecule has 0 unspecified atom stereocenters. The van der Waals surface area contributed by atoms with Gasteiger partial charge < -0.3 is 14.0 Å². The Morgan fingerprint density at radius 1 is 0.935 bits per heavy atom. The van der Waals surface area contributed by atoms with Crippen molar-refractivity contribution in [2.75, 3.05) is 11.9 Å². The largest absolute Gasteiger partial charge is 0.442 e. The number of hydrogen-bond donors (Lipinski definition) is 0. The highest BCUT2D eigenvalue weighted by Gasteiger charge is 2.31. The smallest absolute Gasteiger partial charge is 0.441 e. The van der Waals surface area contributed by atoms with E-state index in [4.69, 9.17) is 31.7 Å². The van der Waals surface area contributed by atoms with Gasteiger partial charge >= 0.3 is 6.09 Å². The van der Waals surface area contributed by atoms with Gasteiger partial charge in [0.15, 0.2) is 33.9 Å². The van der Waals surface area contributed by atoms with E-state index in [0.29, 0.717) is 23.3 Å². The molecule has 46 heavy (non-hydrogen) atoms. The second-order valence-corrected chi connectivity index (χ2v) is 15.3. The van der Waals surface area contributed by atoms with E-state index in [1.165, 1.54) is 18.3 Å². The molecule has 0 N–H and O–H groups in total. The number of nitrogens with zero attached hydrogens (tertiary/aromatic N) is 4. The average Bonchev–Trinajstić information content (AvgIpc) is 3.48. The summed E-state index contributed by atoms with van der Waals surface area (Å²) in [6.45, 7) is 13.7. The number of carbonyl (C=O) groups is 1. The maximum Gasteiger partial charge on any atom is 0.441 e. The fourth-order valence-corrected chi connectivity index (χ4v) is 5.08. The summed E-state index contributed by atoms with van der Waals surface area (Å²) in [6, 6.07) is 15.6. The minimum atomic E-state index is -3.47. The molecular weight excluding hydrogens is 607 g/mol. The molecule has 0 fully saturated rings. The van der Waals surface area contributed by atoms with E-state index >= 15 is 0 Å². The van der Waals surface area contributed by atoms with Gasteiger partial charge in [-0.25, -0.2) is 28.0 Å². The van der Waals surface area contributed by atoms with Crippen LogP contribution in [0.5, 0.6) is 0 Å². The first-order valence-corrected chi connectivity index (χ1v) is 16.3. The summed E-state index contributed by atoms with van der Waals surface area (Å²) < 4.78 is 42.5. The Labute approximate surface area is 271 Å². The number of carbonyl (C=O) groups excluding carboxylic acids is 1. The number of aromatic nitrogens is 3. The molecule has 2 radical (unpaired) electrons. The fourth-order valence-electron chi connectivity index (χ4n) is 4.02. The van der Waals surface area contributed by atoms with Gasteiger partial charge in [-0.1, -0.05) is 53.4 Å². The van der Waals surface area contributed by atoms with Gasteiger partial charge in [0, 0.05) is 17.2 Å². The van der Waals surface area contributed by atoms with E-state index < -0.39 is 32.4 Å². The minimum absolute atomic E-state index is 0.0318. The lowest BCUT2D eigenvalue weighted by atomic mass is 9.96. The Bertz CT molecular complexity index is 1760. The number of anilines is 1. The number of benzene rings is 2. The first-order valence-electron chi connectivity index (χ1n) is 14.8. The lowest BCUT2D eigenvalue weighted by Crippen LogP contribution is -2.39. The quantitative estimate of drug-likeness (QED) is 0.103.